The third kappa shape index (κ3) is 3.01. The molecule has 0 aliphatic heterocycles. The zero-order valence-corrected chi connectivity index (χ0v) is 8.18. The summed E-state index contributed by atoms with van der Waals surface area (Å²) < 4.78 is 0. The van der Waals surface area contributed by atoms with Crippen LogP contribution in [-0.4, -0.2) is 5.16 Å². The van der Waals surface area contributed by atoms with E-state index in [-0.39, 0.29) is 0 Å². The highest BCUT2D eigenvalue weighted by atomic mass is 31.0. The Bertz CT molecular complexity index is 86.9. The SMILES string of the molecule is CC1(P)CCCCCCC1. The standard InChI is InChI=1S/C9H19P/c1-9(10)7-5-3-2-4-6-8-9/h2-8,10H2,1H3. The maximum Gasteiger partial charge on any atom is -0.0178 e. The Morgan fingerprint density at radius 3 is 1.80 bits per heavy atom. The first kappa shape index (κ1) is 8.53. The van der Waals surface area contributed by atoms with Crippen LogP contribution < -0.4 is 0 Å². The fraction of sp³-hybridized carbons (Fsp3) is 1.00. The van der Waals surface area contributed by atoms with Crippen molar-refractivity contribution in [3.63, 3.8) is 0 Å². The van der Waals surface area contributed by atoms with E-state index in [4.69, 9.17) is 0 Å². The Labute approximate surface area is 67.0 Å². The lowest BCUT2D eigenvalue weighted by Gasteiger charge is -2.26. The molecule has 0 radical (unpaired) electrons. The Kier molecular flexibility index (Phi) is 3.17. The summed E-state index contributed by atoms with van der Waals surface area (Å²) in [6, 6.07) is 0. The summed E-state index contributed by atoms with van der Waals surface area (Å²) in [5, 5.41) is 0.570. The Morgan fingerprint density at radius 1 is 0.900 bits per heavy atom. The normalized spacial score (nSPS) is 27.0. The highest BCUT2D eigenvalue weighted by molar-refractivity contribution is 7.18. The van der Waals surface area contributed by atoms with Gasteiger partial charge in [-0.2, -0.15) is 0 Å². The van der Waals surface area contributed by atoms with E-state index in [1.54, 1.807) is 0 Å². The molecule has 1 unspecified atom stereocenters. The lowest BCUT2D eigenvalue weighted by atomic mass is 9.92. The van der Waals surface area contributed by atoms with Gasteiger partial charge in [0.2, 0.25) is 0 Å². The first-order valence-electron chi connectivity index (χ1n) is 4.50. The van der Waals surface area contributed by atoms with Crippen LogP contribution in [0, 0.1) is 0 Å². The van der Waals surface area contributed by atoms with Gasteiger partial charge in [-0.1, -0.05) is 39.0 Å². The summed E-state index contributed by atoms with van der Waals surface area (Å²) in [6.45, 7) is 2.38. The fourth-order valence-corrected chi connectivity index (χ4v) is 2.12. The first-order chi connectivity index (χ1) is 4.71. The molecule has 0 aromatic heterocycles. The molecule has 0 amide bonds. The van der Waals surface area contributed by atoms with Crippen LogP contribution in [0.1, 0.15) is 51.9 Å². The van der Waals surface area contributed by atoms with Gasteiger partial charge >= 0.3 is 0 Å². The van der Waals surface area contributed by atoms with Gasteiger partial charge in [0.15, 0.2) is 0 Å². The van der Waals surface area contributed by atoms with E-state index in [2.05, 4.69) is 16.2 Å². The van der Waals surface area contributed by atoms with Gasteiger partial charge in [0.1, 0.15) is 0 Å². The summed E-state index contributed by atoms with van der Waals surface area (Å²) in [6.07, 6.45) is 10.1. The van der Waals surface area contributed by atoms with E-state index < -0.39 is 0 Å². The second-order valence-electron chi connectivity index (χ2n) is 3.92. The predicted octanol–water partition coefficient (Wildman–Crippen LogP) is 3.36. The van der Waals surface area contributed by atoms with Crippen LogP contribution in [0.2, 0.25) is 0 Å². The molecular weight excluding hydrogens is 139 g/mol. The van der Waals surface area contributed by atoms with Crippen molar-refractivity contribution >= 4 is 9.24 Å². The Morgan fingerprint density at radius 2 is 1.30 bits per heavy atom. The molecule has 1 rings (SSSR count). The second-order valence-corrected chi connectivity index (χ2v) is 5.32. The molecular formula is C9H19P. The lowest BCUT2D eigenvalue weighted by Crippen LogP contribution is -2.16. The van der Waals surface area contributed by atoms with E-state index in [0.717, 1.165) is 0 Å². The van der Waals surface area contributed by atoms with Crippen LogP contribution in [0.15, 0.2) is 0 Å². The topological polar surface area (TPSA) is 0 Å². The minimum Gasteiger partial charge on any atom is -0.131 e. The smallest absolute Gasteiger partial charge is 0.0178 e. The summed E-state index contributed by atoms with van der Waals surface area (Å²) in [4.78, 5) is 0. The highest BCUT2D eigenvalue weighted by Gasteiger charge is 2.18. The van der Waals surface area contributed by atoms with E-state index in [0.29, 0.717) is 5.16 Å². The van der Waals surface area contributed by atoms with Gasteiger partial charge in [-0.3, -0.25) is 0 Å². The van der Waals surface area contributed by atoms with Crippen molar-refractivity contribution in [1.82, 2.24) is 0 Å². The van der Waals surface area contributed by atoms with E-state index >= 15 is 0 Å². The summed E-state index contributed by atoms with van der Waals surface area (Å²) >= 11 is 0. The molecule has 0 nitrogen and oxygen atoms in total. The third-order valence-corrected chi connectivity index (χ3v) is 3.07. The molecule has 1 fully saturated rings. The van der Waals surface area contributed by atoms with Crippen molar-refractivity contribution in [3.05, 3.63) is 0 Å². The fourth-order valence-electron chi connectivity index (χ4n) is 1.71. The zero-order chi connectivity index (χ0) is 7.45. The largest absolute Gasteiger partial charge is 0.131 e. The van der Waals surface area contributed by atoms with Gasteiger partial charge in [0.25, 0.3) is 0 Å². The average molecular weight is 158 g/mol. The molecule has 60 valence electrons. The third-order valence-electron chi connectivity index (χ3n) is 2.50. The van der Waals surface area contributed by atoms with Crippen LogP contribution >= 0.6 is 9.24 Å². The van der Waals surface area contributed by atoms with Crippen molar-refractivity contribution in [2.75, 3.05) is 0 Å². The molecule has 0 bridgehead atoms. The molecule has 0 heterocycles. The van der Waals surface area contributed by atoms with Gasteiger partial charge in [0.05, 0.1) is 0 Å². The zero-order valence-electron chi connectivity index (χ0n) is 7.03. The van der Waals surface area contributed by atoms with E-state index in [9.17, 15) is 0 Å². The monoisotopic (exact) mass is 158 g/mol. The molecule has 1 aliphatic carbocycles. The molecule has 0 N–H and O–H groups in total. The summed E-state index contributed by atoms with van der Waals surface area (Å²) in [5.41, 5.74) is 0. The maximum atomic E-state index is 3.02. The van der Waals surface area contributed by atoms with Crippen LogP contribution in [0.4, 0.5) is 0 Å². The van der Waals surface area contributed by atoms with E-state index in [1.165, 1.54) is 44.9 Å². The van der Waals surface area contributed by atoms with Crippen molar-refractivity contribution < 1.29 is 0 Å². The van der Waals surface area contributed by atoms with Crippen LogP contribution in [0.5, 0.6) is 0 Å². The van der Waals surface area contributed by atoms with Crippen molar-refractivity contribution in [3.8, 4) is 0 Å². The summed E-state index contributed by atoms with van der Waals surface area (Å²) in [5.74, 6) is 0. The number of rotatable bonds is 0. The highest BCUT2D eigenvalue weighted by Crippen LogP contribution is 2.33. The van der Waals surface area contributed by atoms with Gasteiger partial charge in [-0.05, 0) is 18.0 Å². The number of hydrogen-bond acceptors (Lipinski definition) is 0. The second kappa shape index (κ2) is 3.72. The van der Waals surface area contributed by atoms with Gasteiger partial charge in [0, 0.05) is 0 Å². The molecule has 0 saturated heterocycles. The van der Waals surface area contributed by atoms with Gasteiger partial charge in [-0.25, -0.2) is 0 Å². The molecule has 0 aromatic carbocycles. The maximum absolute atomic E-state index is 3.02. The lowest BCUT2D eigenvalue weighted by molar-refractivity contribution is 0.436. The minimum absolute atomic E-state index is 0.570. The predicted molar refractivity (Wildman–Crippen MR) is 50.4 cm³/mol. The molecule has 10 heavy (non-hydrogen) atoms. The van der Waals surface area contributed by atoms with Crippen molar-refractivity contribution in [1.29, 1.82) is 0 Å². The van der Waals surface area contributed by atoms with Crippen LogP contribution in [0.25, 0.3) is 0 Å². The molecule has 0 aromatic rings. The first-order valence-corrected chi connectivity index (χ1v) is 5.07. The quantitative estimate of drug-likeness (QED) is 0.474. The molecule has 0 spiro atoms. The summed E-state index contributed by atoms with van der Waals surface area (Å²) in [7, 11) is 3.02. The molecule has 1 saturated carbocycles. The molecule has 1 heteroatoms. The van der Waals surface area contributed by atoms with Crippen LogP contribution in [0.3, 0.4) is 0 Å². The average Bonchev–Trinajstić information content (AvgIpc) is 1.81. The van der Waals surface area contributed by atoms with E-state index in [1.807, 2.05) is 0 Å². The van der Waals surface area contributed by atoms with Gasteiger partial charge < -0.3 is 0 Å². The molecule has 1 atom stereocenters. The van der Waals surface area contributed by atoms with Gasteiger partial charge in [-0.15, -0.1) is 9.24 Å². The van der Waals surface area contributed by atoms with Crippen LogP contribution in [-0.2, 0) is 0 Å². The Balaban J connectivity index is 2.30. The number of hydrogen-bond donors (Lipinski definition) is 0. The minimum atomic E-state index is 0.570. The van der Waals surface area contributed by atoms with Crippen molar-refractivity contribution in [2.45, 2.75) is 57.0 Å². The Hall–Kier alpha value is 0.430. The van der Waals surface area contributed by atoms with Crippen molar-refractivity contribution in [2.24, 2.45) is 0 Å². The molecule has 1 aliphatic rings.